The summed E-state index contributed by atoms with van der Waals surface area (Å²) in [7, 11) is -3.84. The molecular formula is C13H10Cl2NO5P. The van der Waals surface area contributed by atoms with Crippen molar-refractivity contribution in [3.05, 3.63) is 56.6 Å². The second-order valence-electron chi connectivity index (χ2n) is 4.46. The Morgan fingerprint density at radius 1 is 1.23 bits per heavy atom. The summed E-state index contributed by atoms with van der Waals surface area (Å²) in [5, 5.41) is 11.3. The lowest BCUT2D eigenvalue weighted by Gasteiger charge is -2.11. The zero-order chi connectivity index (χ0) is 16.5. The lowest BCUT2D eigenvalue weighted by Crippen LogP contribution is -2.10. The van der Waals surface area contributed by atoms with E-state index in [-0.39, 0.29) is 21.8 Å². The van der Waals surface area contributed by atoms with Gasteiger partial charge in [0.05, 0.1) is 9.95 Å². The molecule has 0 aromatic heterocycles. The third-order valence-electron chi connectivity index (χ3n) is 2.71. The second kappa shape index (κ2) is 6.26. The molecule has 0 aliphatic heterocycles. The van der Waals surface area contributed by atoms with E-state index in [2.05, 4.69) is 0 Å². The predicted molar refractivity (Wildman–Crippen MR) is 85.0 cm³/mol. The van der Waals surface area contributed by atoms with Gasteiger partial charge in [-0.15, -0.1) is 0 Å². The maximum atomic E-state index is 11.8. The van der Waals surface area contributed by atoms with Gasteiger partial charge in [0.1, 0.15) is 16.8 Å². The molecule has 6 nitrogen and oxygen atoms in total. The maximum Gasteiger partial charge on any atom is 0.282 e. The number of rotatable bonds is 4. The molecule has 22 heavy (non-hydrogen) atoms. The average Bonchev–Trinajstić information content (AvgIpc) is 2.40. The van der Waals surface area contributed by atoms with Gasteiger partial charge in [-0.3, -0.25) is 14.7 Å². The van der Waals surface area contributed by atoms with Crippen molar-refractivity contribution in [2.75, 3.05) is 6.66 Å². The van der Waals surface area contributed by atoms with Crippen LogP contribution in [0.4, 0.5) is 5.69 Å². The van der Waals surface area contributed by atoms with Crippen LogP contribution in [0, 0.1) is 10.1 Å². The molecule has 0 radical (unpaired) electrons. The zero-order valence-electron chi connectivity index (χ0n) is 11.2. The van der Waals surface area contributed by atoms with Gasteiger partial charge >= 0.3 is 0 Å². The van der Waals surface area contributed by atoms with Crippen molar-refractivity contribution in [3.63, 3.8) is 0 Å². The molecule has 1 unspecified atom stereocenters. The summed E-state index contributed by atoms with van der Waals surface area (Å²) in [6.45, 7) is 1.02. The smallest absolute Gasteiger partial charge is 0.282 e. The lowest BCUT2D eigenvalue weighted by molar-refractivity contribution is -0.383. The molecule has 2 aromatic rings. The number of nitrogens with zero attached hydrogens (tertiary/aromatic N) is 1. The van der Waals surface area contributed by atoms with Crippen molar-refractivity contribution in [2.45, 2.75) is 0 Å². The quantitative estimate of drug-likeness (QED) is 0.500. The first-order valence-electron chi connectivity index (χ1n) is 5.90. The summed E-state index contributed by atoms with van der Waals surface area (Å²) in [4.78, 5) is 19.9. The highest BCUT2D eigenvalue weighted by molar-refractivity contribution is 7.65. The minimum atomic E-state index is -3.84. The Labute approximate surface area is 135 Å². The Bertz CT molecular complexity index is 790. The van der Waals surface area contributed by atoms with Crippen LogP contribution in [0.25, 0.3) is 0 Å². The van der Waals surface area contributed by atoms with Crippen molar-refractivity contribution in [3.8, 4) is 11.5 Å². The topological polar surface area (TPSA) is 89.7 Å². The fraction of sp³-hybridized carbons (Fsp3) is 0.0769. The fourth-order valence-corrected chi connectivity index (χ4v) is 3.13. The van der Waals surface area contributed by atoms with E-state index in [9.17, 15) is 19.6 Å². The van der Waals surface area contributed by atoms with Gasteiger partial charge in [0.2, 0.25) is 7.37 Å². The SMILES string of the molecule is CP(=O)(O)c1cc(Oc2ccc(Cl)cc2Cl)ccc1[N+](=O)[O-]. The Morgan fingerprint density at radius 3 is 2.45 bits per heavy atom. The minimum absolute atomic E-state index is 0.154. The first-order valence-corrected chi connectivity index (χ1v) is 8.77. The molecule has 1 atom stereocenters. The van der Waals surface area contributed by atoms with Crippen LogP contribution in [0.15, 0.2) is 36.4 Å². The van der Waals surface area contributed by atoms with Gasteiger partial charge < -0.3 is 9.63 Å². The standard InChI is InChI=1S/C13H10Cl2NO5P/c1-22(19,20)13-7-9(3-4-11(13)16(17)18)21-12-5-2-8(14)6-10(12)15/h2-7H,1H3,(H,19,20). The van der Waals surface area contributed by atoms with Crippen molar-refractivity contribution in [2.24, 2.45) is 0 Å². The summed E-state index contributed by atoms with van der Waals surface area (Å²) in [6.07, 6.45) is 0. The number of halogens is 2. The largest absolute Gasteiger partial charge is 0.456 e. The highest BCUT2D eigenvalue weighted by Crippen LogP contribution is 2.40. The van der Waals surface area contributed by atoms with E-state index in [4.69, 9.17) is 27.9 Å². The minimum Gasteiger partial charge on any atom is -0.456 e. The summed E-state index contributed by atoms with van der Waals surface area (Å²) in [6, 6.07) is 8.15. The average molecular weight is 362 g/mol. The maximum absolute atomic E-state index is 11.8. The highest BCUT2D eigenvalue weighted by atomic mass is 35.5. The molecule has 0 saturated carbocycles. The molecule has 0 bridgehead atoms. The molecule has 2 rings (SSSR count). The van der Waals surface area contributed by atoms with Crippen molar-refractivity contribution < 1.29 is 19.1 Å². The van der Waals surface area contributed by atoms with E-state index in [1.165, 1.54) is 18.2 Å². The van der Waals surface area contributed by atoms with E-state index in [1.54, 1.807) is 6.07 Å². The summed E-state index contributed by atoms with van der Waals surface area (Å²) >= 11 is 11.7. The highest BCUT2D eigenvalue weighted by Gasteiger charge is 2.26. The molecule has 0 aliphatic carbocycles. The van der Waals surface area contributed by atoms with E-state index in [0.29, 0.717) is 5.02 Å². The van der Waals surface area contributed by atoms with Crippen LogP contribution in [-0.4, -0.2) is 16.5 Å². The van der Waals surface area contributed by atoms with Gasteiger partial charge in [0, 0.05) is 23.8 Å². The van der Waals surface area contributed by atoms with Gasteiger partial charge in [-0.05, 0) is 24.3 Å². The van der Waals surface area contributed by atoms with Crippen molar-refractivity contribution in [1.82, 2.24) is 0 Å². The molecule has 1 N–H and O–H groups in total. The lowest BCUT2D eigenvalue weighted by atomic mass is 10.3. The summed E-state index contributed by atoms with van der Waals surface area (Å²) < 4.78 is 17.3. The first kappa shape index (κ1) is 16.8. The Morgan fingerprint density at radius 2 is 1.91 bits per heavy atom. The number of benzene rings is 2. The van der Waals surface area contributed by atoms with Crippen LogP contribution in [0.2, 0.25) is 10.0 Å². The second-order valence-corrected chi connectivity index (χ2v) is 7.55. The number of nitro groups is 1. The molecule has 2 aromatic carbocycles. The van der Waals surface area contributed by atoms with E-state index in [0.717, 1.165) is 18.8 Å². The fourth-order valence-electron chi connectivity index (χ4n) is 1.74. The molecule has 0 aliphatic rings. The van der Waals surface area contributed by atoms with Crippen molar-refractivity contribution in [1.29, 1.82) is 0 Å². The van der Waals surface area contributed by atoms with Crippen LogP contribution in [0.3, 0.4) is 0 Å². The van der Waals surface area contributed by atoms with Crippen LogP contribution in [-0.2, 0) is 4.57 Å². The molecule has 0 spiro atoms. The van der Waals surface area contributed by atoms with E-state index >= 15 is 0 Å². The molecule has 0 amide bonds. The van der Waals surface area contributed by atoms with E-state index in [1.807, 2.05) is 0 Å². The number of hydrogen-bond acceptors (Lipinski definition) is 4. The Balaban J connectivity index is 2.45. The van der Waals surface area contributed by atoms with Gasteiger partial charge in [-0.25, -0.2) is 0 Å². The molecule has 0 saturated heterocycles. The van der Waals surface area contributed by atoms with Crippen molar-refractivity contribution >= 4 is 41.6 Å². The van der Waals surface area contributed by atoms with Crippen LogP contribution < -0.4 is 10.0 Å². The van der Waals surface area contributed by atoms with Crippen LogP contribution >= 0.6 is 30.6 Å². The number of hydrogen-bond donors (Lipinski definition) is 1. The number of nitro benzene ring substituents is 1. The van der Waals surface area contributed by atoms with Gasteiger partial charge in [0.25, 0.3) is 5.69 Å². The van der Waals surface area contributed by atoms with Gasteiger partial charge in [-0.2, -0.15) is 0 Å². The molecule has 0 heterocycles. The zero-order valence-corrected chi connectivity index (χ0v) is 13.6. The third kappa shape index (κ3) is 3.78. The molecule has 9 heteroatoms. The monoisotopic (exact) mass is 361 g/mol. The number of ether oxygens (including phenoxy) is 1. The predicted octanol–water partition coefficient (Wildman–Crippen LogP) is 4.22. The normalized spacial score (nSPS) is 13.5. The Hall–Kier alpha value is -1.59. The third-order valence-corrected chi connectivity index (χ3v) is 4.49. The van der Waals surface area contributed by atoms with Crippen LogP contribution in [0.5, 0.6) is 11.5 Å². The first-order chi connectivity index (χ1) is 10.2. The van der Waals surface area contributed by atoms with Crippen LogP contribution in [0.1, 0.15) is 0 Å². The molecule has 116 valence electrons. The van der Waals surface area contributed by atoms with E-state index < -0.39 is 18.0 Å². The molecular weight excluding hydrogens is 352 g/mol. The van der Waals surface area contributed by atoms with Gasteiger partial charge in [-0.1, -0.05) is 23.2 Å². The molecule has 0 fully saturated rings. The summed E-state index contributed by atoms with van der Waals surface area (Å²) in [5.41, 5.74) is -0.442. The van der Waals surface area contributed by atoms with Gasteiger partial charge in [0.15, 0.2) is 0 Å². The Kier molecular flexibility index (Phi) is 4.78. The summed E-state index contributed by atoms with van der Waals surface area (Å²) in [5.74, 6) is 0.427.